The number of ether oxygens (including phenoxy) is 2. The van der Waals surface area contributed by atoms with Gasteiger partial charge in [-0.2, -0.15) is 26.3 Å². The van der Waals surface area contributed by atoms with Crippen molar-refractivity contribution in [1.82, 2.24) is 4.98 Å². The van der Waals surface area contributed by atoms with E-state index in [-0.39, 0.29) is 17.2 Å². The second kappa shape index (κ2) is 12.4. The van der Waals surface area contributed by atoms with Gasteiger partial charge < -0.3 is 19.8 Å². The first kappa shape index (κ1) is 33.1. The standard InChI is InChI=1S/C31H21F6N3O6S2/c1-45-20-11-14(9-10-19(20)46-13-21(41)38-16-6-4-5-15(12-16)30(32,33)34)22-23-25(47-26-24(22)48-29(44)39-26)28(43)40(27(23)42)18-8-3-2-7-17(18)31(35,36)37/h2-12,22-23,25H,13H2,1H3,(H,38,41)(H,39,44)/t22-,23-,25+/m0/s1. The molecule has 9 nitrogen and oxygen atoms in total. The van der Waals surface area contributed by atoms with Crippen molar-refractivity contribution < 1.29 is 50.2 Å². The average Bonchev–Trinajstić information content (AvgIpc) is 3.53. The number of aromatic nitrogens is 1. The van der Waals surface area contributed by atoms with Crippen LogP contribution >= 0.6 is 23.1 Å². The number of rotatable bonds is 7. The molecule has 3 atom stereocenters. The molecule has 17 heteroatoms. The lowest BCUT2D eigenvalue weighted by molar-refractivity contribution is -0.138. The second-order valence-corrected chi connectivity index (χ2v) is 12.8. The SMILES string of the molecule is COc1cc([C@@H]2c3sc(=O)[nH]c3S[C@H]3C(=O)N(c4ccccc4C(F)(F)F)C(=O)[C@@H]23)ccc1OCC(=O)Nc1cccc(C(F)(F)F)c1. The molecular weight excluding hydrogens is 688 g/mol. The van der Waals surface area contributed by atoms with Gasteiger partial charge in [0.05, 0.1) is 34.9 Å². The molecule has 0 radical (unpaired) electrons. The predicted molar refractivity (Wildman–Crippen MR) is 162 cm³/mol. The minimum atomic E-state index is -4.85. The van der Waals surface area contributed by atoms with E-state index in [1.165, 1.54) is 37.4 Å². The summed E-state index contributed by atoms with van der Waals surface area (Å²) in [5.41, 5.74) is -2.45. The average molecular weight is 710 g/mol. The summed E-state index contributed by atoms with van der Waals surface area (Å²) in [5, 5.41) is 1.46. The van der Waals surface area contributed by atoms with Crippen molar-refractivity contribution in [3.63, 3.8) is 0 Å². The molecule has 0 saturated carbocycles. The van der Waals surface area contributed by atoms with Crippen LogP contribution in [0.4, 0.5) is 37.7 Å². The van der Waals surface area contributed by atoms with Crippen LogP contribution in [0.15, 0.2) is 76.6 Å². The smallest absolute Gasteiger partial charge is 0.418 e. The Morgan fingerprint density at radius 2 is 1.67 bits per heavy atom. The summed E-state index contributed by atoms with van der Waals surface area (Å²) in [6.45, 7) is -0.624. The molecule has 1 fully saturated rings. The van der Waals surface area contributed by atoms with Crippen molar-refractivity contribution in [3.8, 4) is 11.5 Å². The van der Waals surface area contributed by atoms with E-state index in [2.05, 4.69) is 10.3 Å². The third-order valence-electron chi connectivity index (χ3n) is 7.65. The molecule has 6 rings (SSSR count). The molecule has 4 aromatic rings. The molecule has 2 N–H and O–H groups in total. The number of aromatic amines is 1. The second-order valence-electron chi connectivity index (χ2n) is 10.6. The summed E-state index contributed by atoms with van der Waals surface area (Å²) in [7, 11) is 1.29. The van der Waals surface area contributed by atoms with Crippen LogP contribution in [0.1, 0.15) is 27.5 Å². The number of H-pyrrole nitrogens is 1. The van der Waals surface area contributed by atoms with Gasteiger partial charge in [0.15, 0.2) is 18.1 Å². The van der Waals surface area contributed by atoms with Crippen molar-refractivity contribution in [2.24, 2.45) is 5.92 Å². The van der Waals surface area contributed by atoms with Crippen LogP contribution in [0.25, 0.3) is 0 Å². The molecule has 0 bridgehead atoms. The first-order valence-electron chi connectivity index (χ1n) is 13.9. The molecule has 0 unspecified atom stereocenters. The highest BCUT2D eigenvalue weighted by Crippen LogP contribution is 2.54. The van der Waals surface area contributed by atoms with Gasteiger partial charge in [0.25, 0.3) is 5.91 Å². The Bertz CT molecular complexity index is 1990. The molecule has 1 aromatic heterocycles. The number of amides is 3. The molecule has 2 aliphatic rings. The van der Waals surface area contributed by atoms with Crippen LogP contribution < -0.4 is 24.6 Å². The van der Waals surface area contributed by atoms with E-state index in [1.54, 1.807) is 0 Å². The quantitative estimate of drug-likeness (QED) is 0.171. The van der Waals surface area contributed by atoms with Crippen LogP contribution in [0.5, 0.6) is 11.5 Å². The van der Waals surface area contributed by atoms with Gasteiger partial charge in [0.1, 0.15) is 5.25 Å². The summed E-state index contributed by atoms with van der Waals surface area (Å²) in [6, 6.07) is 12.7. The maximum atomic E-state index is 13.9. The van der Waals surface area contributed by atoms with Crippen LogP contribution in [0, 0.1) is 5.92 Å². The normalized spacial score (nSPS) is 19.1. The number of methoxy groups -OCH3 is 1. The number of thioether (sulfide) groups is 1. The zero-order chi connectivity index (χ0) is 34.5. The number of anilines is 2. The molecule has 0 aliphatic carbocycles. The number of para-hydroxylation sites is 1. The zero-order valence-corrected chi connectivity index (χ0v) is 25.9. The number of nitrogens with one attached hydrogen (secondary N) is 2. The van der Waals surface area contributed by atoms with Gasteiger partial charge in [-0.25, -0.2) is 4.90 Å². The van der Waals surface area contributed by atoms with Gasteiger partial charge in [-0.05, 0) is 48.0 Å². The third kappa shape index (κ3) is 6.14. The van der Waals surface area contributed by atoms with E-state index < -0.39 is 75.5 Å². The fraction of sp³-hybridized carbons (Fsp3) is 0.226. The minimum Gasteiger partial charge on any atom is -0.493 e. The zero-order valence-electron chi connectivity index (χ0n) is 24.3. The number of nitrogens with zero attached hydrogens (tertiary/aromatic N) is 1. The summed E-state index contributed by atoms with van der Waals surface area (Å²) < 4.78 is 91.8. The largest absolute Gasteiger partial charge is 0.493 e. The van der Waals surface area contributed by atoms with Crippen LogP contribution in [0.2, 0.25) is 0 Å². The number of thiazole rings is 1. The number of halogens is 6. The van der Waals surface area contributed by atoms with Gasteiger partial charge in [-0.1, -0.05) is 47.4 Å². The Morgan fingerprint density at radius 3 is 2.38 bits per heavy atom. The Labute approximate surface area is 274 Å². The van der Waals surface area contributed by atoms with Crippen LogP contribution in [0.3, 0.4) is 0 Å². The first-order chi connectivity index (χ1) is 22.7. The number of fused-ring (bicyclic) bond motifs is 2. The van der Waals surface area contributed by atoms with E-state index >= 15 is 0 Å². The summed E-state index contributed by atoms with van der Waals surface area (Å²) in [4.78, 5) is 55.6. The van der Waals surface area contributed by atoms with Crippen LogP contribution in [-0.4, -0.2) is 41.7 Å². The summed E-state index contributed by atoms with van der Waals surface area (Å²) in [5.74, 6) is -4.57. The number of hydrogen-bond donors (Lipinski definition) is 2. The maximum absolute atomic E-state index is 13.9. The van der Waals surface area contributed by atoms with Crippen molar-refractivity contribution in [1.29, 1.82) is 0 Å². The van der Waals surface area contributed by atoms with E-state index in [1.807, 2.05) is 0 Å². The highest BCUT2D eigenvalue weighted by molar-refractivity contribution is 8.00. The Hall–Kier alpha value is -4.77. The third-order valence-corrected chi connectivity index (χ3v) is 10.1. The number of imide groups is 1. The Balaban J connectivity index is 1.29. The van der Waals surface area contributed by atoms with Crippen LogP contribution in [-0.2, 0) is 26.7 Å². The molecule has 1 saturated heterocycles. The van der Waals surface area contributed by atoms with Gasteiger partial charge >= 0.3 is 17.2 Å². The molecule has 0 spiro atoms. The molecule has 48 heavy (non-hydrogen) atoms. The molecule has 2 aliphatic heterocycles. The van der Waals surface area contributed by atoms with E-state index in [4.69, 9.17) is 9.47 Å². The van der Waals surface area contributed by atoms with Crippen molar-refractivity contribution in [2.45, 2.75) is 28.5 Å². The highest BCUT2D eigenvalue weighted by Gasteiger charge is 2.57. The lowest BCUT2D eigenvalue weighted by Crippen LogP contribution is -2.33. The predicted octanol–water partition coefficient (Wildman–Crippen LogP) is 6.30. The number of alkyl halides is 6. The first-order valence-corrected chi connectivity index (χ1v) is 15.6. The molecule has 250 valence electrons. The van der Waals surface area contributed by atoms with Gasteiger partial charge in [-0.3, -0.25) is 19.2 Å². The molecule has 3 heterocycles. The topological polar surface area (TPSA) is 118 Å². The number of benzene rings is 3. The van der Waals surface area contributed by atoms with E-state index in [0.29, 0.717) is 20.4 Å². The fourth-order valence-corrected chi connectivity index (χ4v) is 8.15. The van der Waals surface area contributed by atoms with E-state index in [9.17, 15) is 45.5 Å². The fourth-order valence-electron chi connectivity index (χ4n) is 5.63. The van der Waals surface area contributed by atoms with Crippen molar-refractivity contribution >= 4 is 52.2 Å². The molecular formula is C31H21F6N3O6S2. The number of carbonyl (C=O) groups is 3. The van der Waals surface area contributed by atoms with Gasteiger partial charge in [0, 0.05) is 16.5 Å². The molecule has 3 aromatic carbocycles. The Morgan fingerprint density at radius 1 is 0.917 bits per heavy atom. The van der Waals surface area contributed by atoms with Gasteiger partial charge in [-0.15, -0.1) is 0 Å². The van der Waals surface area contributed by atoms with Crippen molar-refractivity contribution in [3.05, 3.63) is 98.0 Å². The van der Waals surface area contributed by atoms with E-state index in [0.717, 1.165) is 59.5 Å². The molecule has 3 amide bonds. The summed E-state index contributed by atoms with van der Waals surface area (Å²) in [6.07, 6.45) is -9.46. The lowest BCUT2D eigenvalue weighted by atomic mass is 9.83. The number of hydrogen-bond acceptors (Lipinski definition) is 8. The van der Waals surface area contributed by atoms with Gasteiger partial charge in [0.2, 0.25) is 11.8 Å². The summed E-state index contributed by atoms with van der Waals surface area (Å²) >= 11 is 1.69. The Kier molecular flexibility index (Phi) is 8.53. The number of carbonyl (C=O) groups excluding carboxylic acids is 3. The monoisotopic (exact) mass is 709 g/mol. The lowest BCUT2D eigenvalue weighted by Gasteiger charge is -2.30. The maximum Gasteiger partial charge on any atom is 0.418 e. The minimum absolute atomic E-state index is 0.0409. The van der Waals surface area contributed by atoms with Crippen molar-refractivity contribution in [2.75, 3.05) is 23.9 Å². The highest BCUT2D eigenvalue weighted by atomic mass is 32.2.